The number of carbonyl (C=O) groups excluding carboxylic acids is 1. The van der Waals surface area contributed by atoms with Crippen molar-refractivity contribution in [2.75, 3.05) is 0 Å². The van der Waals surface area contributed by atoms with E-state index in [0.717, 1.165) is 24.3 Å². The molecular formula is C17H24N2OS. The zero-order valence-electron chi connectivity index (χ0n) is 12.5. The number of amides is 1. The van der Waals surface area contributed by atoms with Crippen molar-refractivity contribution in [1.29, 1.82) is 0 Å². The third-order valence-electron chi connectivity index (χ3n) is 4.10. The fraction of sp³-hybridized carbons (Fsp3) is 0.529. The molecule has 21 heavy (non-hydrogen) atoms. The highest BCUT2D eigenvalue weighted by Gasteiger charge is 2.28. The first-order chi connectivity index (χ1) is 10.1. The van der Waals surface area contributed by atoms with E-state index in [9.17, 15) is 4.79 Å². The standard InChI is InChI=1S/C17H24N2OS/c1-2-14(10-13-8-9-13)19-17(20)15(16(18)21)11-12-6-4-3-5-7-12/h3-7,13-15H,2,8-11H2,1H3,(H2,18,21)(H,19,20). The van der Waals surface area contributed by atoms with E-state index in [4.69, 9.17) is 18.0 Å². The third-order valence-corrected chi connectivity index (χ3v) is 4.38. The summed E-state index contributed by atoms with van der Waals surface area (Å²) in [6, 6.07) is 10.1. The molecule has 1 amide bonds. The van der Waals surface area contributed by atoms with Crippen molar-refractivity contribution >= 4 is 23.1 Å². The molecule has 0 spiro atoms. The average Bonchev–Trinajstić information content (AvgIpc) is 3.28. The minimum Gasteiger partial charge on any atom is -0.393 e. The van der Waals surface area contributed by atoms with Crippen molar-refractivity contribution in [1.82, 2.24) is 5.32 Å². The lowest BCUT2D eigenvalue weighted by Gasteiger charge is -2.21. The Morgan fingerprint density at radius 1 is 1.38 bits per heavy atom. The Bertz CT molecular complexity index is 485. The van der Waals surface area contributed by atoms with Gasteiger partial charge in [-0.3, -0.25) is 4.79 Å². The molecule has 1 aliphatic carbocycles. The molecular weight excluding hydrogens is 280 g/mol. The largest absolute Gasteiger partial charge is 0.393 e. The summed E-state index contributed by atoms with van der Waals surface area (Å²) in [5.41, 5.74) is 6.87. The van der Waals surface area contributed by atoms with E-state index in [0.29, 0.717) is 6.42 Å². The molecule has 0 radical (unpaired) electrons. The Balaban J connectivity index is 1.96. The molecule has 1 saturated carbocycles. The van der Waals surface area contributed by atoms with Crippen LogP contribution in [0.5, 0.6) is 0 Å². The van der Waals surface area contributed by atoms with E-state index < -0.39 is 5.92 Å². The molecule has 2 atom stereocenters. The van der Waals surface area contributed by atoms with E-state index >= 15 is 0 Å². The summed E-state index contributed by atoms with van der Waals surface area (Å²) in [4.78, 5) is 12.8. The van der Waals surface area contributed by atoms with Gasteiger partial charge in [-0.15, -0.1) is 0 Å². The Hall–Kier alpha value is -1.42. The molecule has 0 bridgehead atoms. The maximum absolute atomic E-state index is 12.5. The molecule has 0 aliphatic heterocycles. The minimum atomic E-state index is -0.421. The second kappa shape index (κ2) is 7.55. The molecule has 3 N–H and O–H groups in total. The van der Waals surface area contributed by atoms with Gasteiger partial charge in [0.25, 0.3) is 0 Å². The smallest absolute Gasteiger partial charge is 0.230 e. The first kappa shape index (κ1) is 16.0. The molecule has 2 rings (SSSR count). The van der Waals surface area contributed by atoms with Crippen LogP contribution in [0.15, 0.2) is 30.3 Å². The molecule has 1 aromatic carbocycles. The molecule has 1 fully saturated rings. The number of thiocarbonyl (C=S) groups is 1. The maximum Gasteiger partial charge on any atom is 0.230 e. The van der Waals surface area contributed by atoms with Crippen LogP contribution in [0.2, 0.25) is 0 Å². The zero-order valence-corrected chi connectivity index (χ0v) is 13.4. The Labute approximate surface area is 132 Å². The second-order valence-electron chi connectivity index (χ2n) is 5.94. The van der Waals surface area contributed by atoms with Crippen molar-refractivity contribution < 1.29 is 4.79 Å². The first-order valence-electron chi connectivity index (χ1n) is 7.73. The summed E-state index contributed by atoms with van der Waals surface area (Å²) in [6.45, 7) is 2.11. The molecule has 0 aromatic heterocycles. The Morgan fingerprint density at radius 3 is 2.57 bits per heavy atom. The van der Waals surface area contributed by atoms with Gasteiger partial charge >= 0.3 is 0 Å². The zero-order chi connectivity index (χ0) is 15.2. The molecule has 2 unspecified atom stereocenters. The summed E-state index contributed by atoms with van der Waals surface area (Å²) in [7, 11) is 0. The third kappa shape index (κ3) is 5.12. The van der Waals surface area contributed by atoms with Gasteiger partial charge < -0.3 is 11.1 Å². The lowest BCUT2D eigenvalue weighted by atomic mass is 9.97. The molecule has 1 aliphatic rings. The van der Waals surface area contributed by atoms with Crippen molar-refractivity contribution in [3.8, 4) is 0 Å². The highest BCUT2D eigenvalue weighted by molar-refractivity contribution is 7.80. The molecule has 3 nitrogen and oxygen atoms in total. The Kier molecular flexibility index (Phi) is 5.74. The van der Waals surface area contributed by atoms with Gasteiger partial charge in [-0.05, 0) is 30.7 Å². The van der Waals surface area contributed by atoms with Crippen LogP contribution in [0.4, 0.5) is 0 Å². The van der Waals surface area contributed by atoms with E-state index in [2.05, 4.69) is 12.2 Å². The topological polar surface area (TPSA) is 55.1 Å². The lowest BCUT2D eigenvalue weighted by Crippen LogP contribution is -2.43. The highest BCUT2D eigenvalue weighted by atomic mass is 32.1. The number of carbonyl (C=O) groups is 1. The predicted molar refractivity (Wildman–Crippen MR) is 90.0 cm³/mol. The van der Waals surface area contributed by atoms with Crippen LogP contribution in [0.1, 0.15) is 38.2 Å². The number of benzene rings is 1. The lowest BCUT2D eigenvalue weighted by molar-refractivity contribution is -0.123. The predicted octanol–water partition coefficient (Wildman–Crippen LogP) is 2.83. The van der Waals surface area contributed by atoms with Crippen molar-refractivity contribution in [2.24, 2.45) is 17.6 Å². The summed E-state index contributed by atoms with van der Waals surface area (Å²) < 4.78 is 0. The fourth-order valence-corrected chi connectivity index (χ4v) is 2.75. The summed E-state index contributed by atoms with van der Waals surface area (Å²) >= 11 is 5.10. The van der Waals surface area contributed by atoms with E-state index in [1.807, 2.05) is 30.3 Å². The first-order valence-corrected chi connectivity index (χ1v) is 8.14. The van der Waals surface area contributed by atoms with Gasteiger partial charge in [0.15, 0.2) is 0 Å². The SMILES string of the molecule is CCC(CC1CC1)NC(=O)C(Cc1ccccc1)C(N)=S. The quantitative estimate of drug-likeness (QED) is 0.726. The van der Waals surface area contributed by atoms with Crippen LogP contribution in [0, 0.1) is 11.8 Å². The number of nitrogens with one attached hydrogen (secondary N) is 1. The van der Waals surface area contributed by atoms with Gasteiger partial charge in [0, 0.05) is 6.04 Å². The molecule has 114 valence electrons. The van der Waals surface area contributed by atoms with Gasteiger partial charge in [-0.1, -0.05) is 62.3 Å². The van der Waals surface area contributed by atoms with Crippen molar-refractivity contribution in [2.45, 2.75) is 45.1 Å². The van der Waals surface area contributed by atoms with E-state index in [1.165, 1.54) is 12.8 Å². The van der Waals surface area contributed by atoms with Crippen molar-refractivity contribution in [3.05, 3.63) is 35.9 Å². The van der Waals surface area contributed by atoms with Gasteiger partial charge in [-0.2, -0.15) is 0 Å². The number of hydrogen-bond donors (Lipinski definition) is 2. The minimum absolute atomic E-state index is 0.0288. The van der Waals surface area contributed by atoms with E-state index in [1.54, 1.807) is 0 Å². The molecule has 0 heterocycles. The fourth-order valence-electron chi connectivity index (χ4n) is 2.56. The van der Waals surface area contributed by atoms with Gasteiger partial charge in [0.1, 0.15) is 0 Å². The Morgan fingerprint density at radius 2 is 2.05 bits per heavy atom. The second-order valence-corrected chi connectivity index (χ2v) is 6.41. The van der Waals surface area contributed by atoms with Crippen LogP contribution >= 0.6 is 12.2 Å². The molecule has 4 heteroatoms. The van der Waals surface area contributed by atoms with Crippen LogP contribution in [-0.4, -0.2) is 16.9 Å². The maximum atomic E-state index is 12.5. The molecule has 1 aromatic rings. The summed E-state index contributed by atoms with van der Waals surface area (Å²) in [5.74, 6) is 0.349. The summed E-state index contributed by atoms with van der Waals surface area (Å²) in [5, 5.41) is 3.13. The van der Waals surface area contributed by atoms with E-state index in [-0.39, 0.29) is 16.9 Å². The summed E-state index contributed by atoms with van der Waals surface area (Å²) in [6.07, 6.45) is 5.21. The van der Waals surface area contributed by atoms with Crippen LogP contribution in [0.3, 0.4) is 0 Å². The van der Waals surface area contributed by atoms with Gasteiger partial charge in [-0.25, -0.2) is 0 Å². The monoisotopic (exact) mass is 304 g/mol. The van der Waals surface area contributed by atoms with Gasteiger partial charge in [0.05, 0.1) is 10.9 Å². The number of nitrogens with two attached hydrogens (primary N) is 1. The number of rotatable bonds is 8. The normalized spacial score (nSPS) is 17.0. The molecule has 0 saturated heterocycles. The number of hydrogen-bond acceptors (Lipinski definition) is 2. The van der Waals surface area contributed by atoms with Crippen LogP contribution in [-0.2, 0) is 11.2 Å². The average molecular weight is 304 g/mol. The highest BCUT2D eigenvalue weighted by Crippen LogP contribution is 2.34. The van der Waals surface area contributed by atoms with Crippen LogP contribution in [0.25, 0.3) is 0 Å². The van der Waals surface area contributed by atoms with Crippen molar-refractivity contribution in [3.63, 3.8) is 0 Å². The van der Waals surface area contributed by atoms with Crippen LogP contribution < -0.4 is 11.1 Å². The van der Waals surface area contributed by atoms with Gasteiger partial charge in [0.2, 0.25) is 5.91 Å².